The molecule has 1 rings (SSSR count). The van der Waals surface area contributed by atoms with Gasteiger partial charge in [-0.15, -0.1) is 0 Å². The molecule has 2 heteroatoms. The third kappa shape index (κ3) is 10.1. The maximum absolute atomic E-state index is 2.49. The van der Waals surface area contributed by atoms with Gasteiger partial charge in [0.05, 0.1) is 13.1 Å². The number of nitrogens with zero attached hydrogens (tertiary/aromatic N) is 2. The van der Waals surface area contributed by atoms with Crippen molar-refractivity contribution in [3.05, 3.63) is 18.2 Å². The van der Waals surface area contributed by atoms with Crippen LogP contribution in [-0.2, 0) is 19.5 Å². The van der Waals surface area contributed by atoms with Crippen molar-refractivity contribution in [1.29, 1.82) is 0 Å². The standard InChI is InChI=1S/C23H45N2/c1-4-7-8-9-10-11-12-13-14-15-16-17-18-20-25-22-21-24(6-3)23(25)19-5-2/h21-22H,4-20H2,1-3H3/q+1. The van der Waals surface area contributed by atoms with Crippen molar-refractivity contribution in [2.75, 3.05) is 0 Å². The van der Waals surface area contributed by atoms with Crippen LogP contribution in [0.2, 0.25) is 0 Å². The van der Waals surface area contributed by atoms with Crippen molar-refractivity contribution in [2.45, 2.75) is 130 Å². The molecule has 0 unspecified atom stereocenters. The number of imidazole rings is 1. The Labute approximate surface area is 158 Å². The number of hydrogen-bond donors (Lipinski definition) is 0. The fraction of sp³-hybridized carbons (Fsp3) is 0.870. The van der Waals surface area contributed by atoms with E-state index in [1.807, 2.05) is 0 Å². The van der Waals surface area contributed by atoms with Gasteiger partial charge in [0, 0.05) is 6.42 Å². The van der Waals surface area contributed by atoms with E-state index in [1.165, 1.54) is 109 Å². The zero-order chi connectivity index (χ0) is 18.2. The van der Waals surface area contributed by atoms with Crippen LogP contribution in [0.1, 0.15) is 116 Å². The van der Waals surface area contributed by atoms with E-state index in [-0.39, 0.29) is 0 Å². The van der Waals surface area contributed by atoms with E-state index < -0.39 is 0 Å². The number of unbranched alkanes of at least 4 members (excludes halogenated alkanes) is 12. The highest BCUT2D eigenvalue weighted by Gasteiger charge is 2.14. The second kappa shape index (κ2) is 15.5. The maximum Gasteiger partial charge on any atom is 0.256 e. The van der Waals surface area contributed by atoms with Crippen LogP contribution < -0.4 is 4.57 Å². The fourth-order valence-electron chi connectivity index (χ4n) is 3.80. The largest absolute Gasteiger partial charge is 0.256 e. The molecule has 1 aromatic heterocycles. The Morgan fingerprint density at radius 2 is 1.20 bits per heavy atom. The molecule has 146 valence electrons. The minimum absolute atomic E-state index is 1.10. The van der Waals surface area contributed by atoms with Gasteiger partial charge in [0.2, 0.25) is 0 Å². The van der Waals surface area contributed by atoms with Gasteiger partial charge < -0.3 is 0 Å². The number of aromatic nitrogens is 2. The molecule has 1 heterocycles. The maximum atomic E-state index is 2.49. The Bertz CT molecular complexity index is 408. The summed E-state index contributed by atoms with van der Waals surface area (Å²) in [6, 6.07) is 0. The van der Waals surface area contributed by atoms with E-state index >= 15 is 0 Å². The van der Waals surface area contributed by atoms with E-state index in [9.17, 15) is 0 Å². The molecular weight excluding hydrogens is 304 g/mol. The van der Waals surface area contributed by atoms with E-state index in [0.29, 0.717) is 0 Å². The molecule has 2 nitrogen and oxygen atoms in total. The molecule has 0 bridgehead atoms. The molecule has 1 aromatic rings. The van der Waals surface area contributed by atoms with Crippen molar-refractivity contribution in [3.8, 4) is 0 Å². The monoisotopic (exact) mass is 349 g/mol. The smallest absolute Gasteiger partial charge is 0.235 e. The Morgan fingerprint density at radius 3 is 1.68 bits per heavy atom. The Kier molecular flexibility index (Phi) is 13.8. The summed E-state index contributed by atoms with van der Waals surface area (Å²) in [7, 11) is 0. The van der Waals surface area contributed by atoms with Gasteiger partial charge in [0.1, 0.15) is 12.4 Å². The summed E-state index contributed by atoms with van der Waals surface area (Å²) in [5.41, 5.74) is 0. The predicted octanol–water partition coefficient (Wildman–Crippen LogP) is 6.84. The Morgan fingerprint density at radius 1 is 0.680 bits per heavy atom. The van der Waals surface area contributed by atoms with Gasteiger partial charge in [-0.05, 0) is 26.2 Å². The molecule has 0 atom stereocenters. The summed E-state index contributed by atoms with van der Waals surface area (Å²) in [6.07, 6.45) is 25.6. The van der Waals surface area contributed by atoms with E-state index in [2.05, 4.69) is 42.3 Å². The molecule has 0 saturated heterocycles. The summed E-state index contributed by atoms with van der Waals surface area (Å²) in [5, 5.41) is 0. The zero-order valence-corrected chi connectivity index (χ0v) is 17.6. The van der Waals surface area contributed by atoms with Crippen LogP contribution in [0.3, 0.4) is 0 Å². The summed E-state index contributed by atoms with van der Waals surface area (Å²) in [4.78, 5) is 0. The molecule has 0 saturated carbocycles. The molecule has 0 aromatic carbocycles. The molecule has 0 aliphatic rings. The predicted molar refractivity (Wildman–Crippen MR) is 110 cm³/mol. The zero-order valence-electron chi connectivity index (χ0n) is 17.6. The molecule has 0 amide bonds. The fourth-order valence-corrected chi connectivity index (χ4v) is 3.80. The molecular formula is C23H45N2+. The highest BCUT2D eigenvalue weighted by atomic mass is 15.1. The van der Waals surface area contributed by atoms with E-state index in [4.69, 9.17) is 0 Å². The van der Waals surface area contributed by atoms with E-state index in [0.717, 1.165) is 6.54 Å². The van der Waals surface area contributed by atoms with Crippen LogP contribution in [0.4, 0.5) is 0 Å². The second-order valence-corrected chi connectivity index (χ2v) is 7.69. The topological polar surface area (TPSA) is 8.81 Å². The molecule has 0 fully saturated rings. The lowest BCUT2D eigenvalue weighted by molar-refractivity contribution is -0.704. The van der Waals surface area contributed by atoms with Crippen LogP contribution in [-0.4, -0.2) is 4.57 Å². The Hall–Kier alpha value is -0.790. The second-order valence-electron chi connectivity index (χ2n) is 7.69. The molecule has 25 heavy (non-hydrogen) atoms. The quantitative estimate of drug-likeness (QED) is 0.215. The van der Waals surface area contributed by atoms with Crippen molar-refractivity contribution in [3.63, 3.8) is 0 Å². The SMILES string of the molecule is CCCCCCCCCCCCCCC[n+]1ccn(CC)c1CCC. The minimum atomic E-state index is 1.10. The van der Waals surface area contributed by atoms with Crippen LogP contribution in [0.15, 0.2) is 12.4 Å². The molecule has 0 N–H and O–H groups in total. The third-order valence-electron chi connectivity index (χ3n) is 5.41. The minimum Gasteiger partial charge on any atom is -0.235 e. The van der Waals surface area contributed by atoms with Gasteiger partial charge in [0.15, 0.2) is 0 Å². The number of rotatable bonds is 17. The highest BCUT2D eigenvalue weighted by Crippen LogP contribution is 2.12. The van der Waals surface area contributed by atoms with Crippen LogP contribution in [0.5, 0.6) is 0 Å². The van der Waals surface area contributed by atoms with Gasteiger partial charge in [0.25, 0.3) is 5.82 Å². The number of hydrogen-bond acceptors (Lipinski definition) is 0. The lowest BCUT2D eigenvalue weighted by atomic mass is 10.0. The third-order valence-corrected chi connectivity index (χ3v) is 5.41. The van der Waals surface area contributed by atoms with Gasteiger partial charge in [-0.1, -0.05) is 84.5 Å². The van der Waals surface area contributed by atoms with Crippen LogP contribution in [0.25, 0.3) is 0 Å². The van der Waals surface area contributed by atoms with Crippen molar-refractivity contribution < 1.29 is 4.57 Å². The summed E-state index contributed by atoms with van der Waals surface area (Å²) >= 11 is 0. The molecule has 0 aliphatic heterocycles. The first-order chi connectivity index (χ1) is 12.3. The average molecular weight is 350 g/mol. The first-order valence-corrected chi connectivity index (χ1v) is 11.4. The average Bonchev–Trinajstić information content (AvgIpc) is 3.01. The Balaban J connectivity index is 1.96. The van der Waals surface area contributed by atoms with Crippen LogP contribution in [0, 0.1) is 0 Å². The normalized spacial score (nSPS) is 11.3. The van der Waals surface area contributed by atoms with Gasteiger partial charge in [-0.3, -0.25) is 0 Å². The van der Waals surface area contributed by atoms with Crippen molar-refractivity contribution in [1.82, 2.24) is 4.57 Å². The first-order valence-electron chi connectivity index (χ1n) is 11.4. The van der Waals surface area contributed by atoms with Gasteiger partial charge in [-0.2, -0.15) is 0 Å². The molecule has 0 spiro atoms. The number of aryl methyl sites for hydroxylation is 2. The lowest BCUT2D eigenvalue weighted by Crippen LogP contribution is -2.37. The molecule has 0 radical (unpaired) electrons. The lowest BCUT2D eigenvalue weighted by Gasteiger charge is -2.04. The van der Waals surface area contributed by atoms with Crippen molar-refractivity contribution >= 4 is 0 Å². The highest BCUT2D eigenvalue weighted by molar-refractivity contribution is 4.83. The summed E-state index contributed by atoms with van der Waals surface area (Å²) in [5.74, 6) is 1.52. The summed E-state index contributed by atoms with van der Waals surface area (Å²) in [6.45, 7) is 9.13. The summed E-state index contributed by atoms with van der Waals surface area (Å²) < 4.78 is 4.90. The van der Waals surface area contributed by atoms with Crippen molar-refractivity contribution in [2.24, 2.45) is 0 Å². The van der Waals surface area contributed by atoms with Gasteiger partial charge >= 0.3 is 0 Å². The molecule has 0 aliphatic carbocycles. The van der Waals surface area contributed by atoms with Crippen LogP contribution >= 0.6 is 0 Å². The van der Waals surface area contributed by atoms with Gasteiger partial charge in [-0.25, -0.2) is 9.13 Å². The van der Waals surface area contributed by atoms with E-state index in [1.54, 1.807) is 0 Å². The first kappa shape index (κ1) is 22.3.